The highest BCUT2D eigenvalue weighted by Crippen LogP contribution is 2.30. The first-order chi connectivity index (χ1) is 8.75. The molecule has 1 aromatic rings. The summed E-state index contributed by atoms with van der Waals surface area (Å²) in [4.78, 5) is 12.1. The van der Waals surface area contributed by atoms with E-state index < -0.39 is 0 Å². The number of hydrogen-bond acceptors (Lipinski definition) is 3. The molecular formula is C14H18N2O2. The smallest absolute Gasteiger partial charge is 0.249 e. The Morgan fingerprint density at radius 2 is 2.22 bits per heavy atom. The van der Waals surface area contributed by atoms with Crippen molar-refractivity contribution in [2.75, 3.05) is 6.61 Å². The molecule has 3 rings (SSSR count). The minimum Gasteiger partial charge on any atom is -0.368 e. The van der Waals surface area contributed by atoms with Gasteiger partial charge in [0.15, 0.2) is 0 Å². The summed E-state index contributed by atoms with van der Waals surface area (Å²) in [5.41, 5.74) is 8.51. The SMILES string of the molecule is NC1Cc2ccccc2C1NC(=O)C1CCCO1. The molecule has 1 fully saturated rings. The highest BCUT2D eigenvalue weighted by Gasteiger charge is 2.33. The van der Waals surface area contributed by atoms with E-state index in [0.29, 0.717) is 6.61 Å². The molecule has 3 N–H and O–H groups in total. The number of carbonyl (C=O) groups excluding carboxylic acids is 1. The summed E-state index contributed by atoms with van der Waals surface area (Å²) in [6.07, 6.45) is 2.32. The Balaban J connectivity index is 1.74. The lowest BCUT2D eigenvalue weighted by atomic mass is 10.1. The van der Waals surface area contributed by atoms with E-state index in [2.05, 4.69) is 11.4 Å². The first-order valence-corrected chi connectivity index (χ1v) is 6.51. The van der Waals surface area contributed by atoms with Crippen molar-refractivity contribution in [3.63, 3.8) is 0 Å². The van der Waals surface area contributed by atoms with Crippen molar-refractivity contribution in [3.8, 4) is 0 Å². The van der Waals surface area contributed by atoms with E-state index in [0.717, 1.165) is 24.8 Å². The minimum atomic E-state index is -0.287. The summed E-state index contributed by atoms with van der Waals surface area (Å²) in [5, 5.41) is 3.04. The van der Waals surface area contributed by atoms with E-state index in [1.54, 1.807) is 0 Å². The van der Waals surface area contributed by atoms with Crippen molar-refractivity contribution in [2.45, 2.75) is 37.5 Å². The van der Waals surface area contributed by atoms with Gasteiger partial charge in [0.1, 0.15) is 6.10 Å². The minimum absolute atomic E-state index is 0.0235. The van der Waals surface area contributed by atoms with Crippen LogP contribution in [-0.2, 0) is 16.0 Å². The number of ether oxygens (including phenoxy) is 1. The summed E-state index contributed by atoms with van der Waals surface area (Å²) >= 11 is 0. The van der Waals surface area contributed by atoms with Gasteiger partial charge < -0.3 is 15.8 Å². The summed E-state index contributed by atoms with van der Waals surface area (Å²) in [6, 6.07) is 8.01. The summed E-state index contributed by atoms with van der Waals surface area (Å²) in [5.74, 6) is -0.0235. The zero-order chi connectivity index (χ0) is 12.5. The predicted octanol–water partition coefficient (Wildman–Crippen LogP) is 0.906. The molecule has 0 radical (unpaired) electrons. The van der Waals surface area contributed by atoms with Gasteiger partial charge in [-0.2, -0.15) is 0 Å². The van der Waals surface area contributed by atoms with Gasteiger partial charge >= 0.3 is 0 Å². The van der Waals surface area contributed by atoms with Crippen LogP contribution in [0.25, 0.3) is 0 Å². The van der Waals surface area contributed by atoms with E-state index in [-0.39, 0.29) is 24.1 Å². The molecule has 18 heavy (non-hydrogen) atoms. The number of carbonyl (C=O) groups is 1. The third kappa shape index (κ3) is 2.02. The number of nitrogens with two attached hydrogens (primary N) is 1. The molecule has 3 atom stereocenters. The monoisotopic (exact) mass is 246 g/mol. The van der Waals surface area contributed by atoms with Crippen LogP contribution < -0.4 is 11.1 Å². The van der Waals surface area contributed by atoms with Crippen LogP contribution in [0.15, 0.2) is 24.3 Å². The molecule has 4 heteroatoms. The third-order valence-corrected chi connectivity index (χ3v) is 3.79. The molecule has 1 amide bonds. The standard InChI is InChI=1S/C14H18N2O2/c15-11-8-9-4-1-2-5-10(9)13(11)16-14(17)12-6-3-7-18-12/h1-2,4-5,11-13H,3,6-8,15H2,(H,16,17). The van der Waals surface area contributed by atoms with Crippen LogP contribution in [0.3, 0.4) is 0 Å². The number of nitrogens with one attached hydrogen (secondary N) is 1. The van der Waals surface area contributed by atoms with Crippen LogP contribution in [-0.4, -0.2) is 24.7 Å². The summed E-state index contributed by atoms with van der Waals surface area (Å²) in [7, 11) is 0. The number of fused-ring (bicyclic) bond motifs is 1. The molecule has 2 aliphatic rings. The molecule has 0 saturated carbocycles. The Morgan fingerprint density at radius 1 is 1.39 bits per heavy atom. The maximum Gasteiger partial charge on any atom is 0.249 e. The fourth-order valence-corrected chi connectivity index (χ4v) is 2.84. The van der Waals surface area contributed by atoms with Gasteiger partial charge in [-0.15, -0.1) is 0 Å². The number of hydrogen-bond donors (Lipinski definition) is 2. The highest BCUT2D eigenvalue weighted by molar-refractivity contribution is 5.81. The zero-order valence-electron chi connectivity index (χ0n) is 10.3. The van der Waals surface area contributed by atoms with Crippen molar-refractivity contribution in [1.29, 1.82) is 0 Å². The molecule has 3 unspecified atom stereocenters. The van der Waals surface area contributed by atoms with Gasteiger partial charge in [0, 0.05) is 12.6 Å². The maximum atomic E-state index is 12.1. The van der Waals surface area contributed by atoms with Crippen molar-refractivity contribution in [2.24, 2.45) is 5.73 Å². The maximum absolute atomic E-state index is 12.1. The van der Waals surface area contributed by atoms with Crippen molar-refractivity contribution < 1.29 is 9.53 Å². The quantitative estimate of drug-likeness (QED) is 0.815. The molecule has 0 aromatic heterocycles. The Bertz CT molecular complexity index is 455. The van der Waals surface area contributed by atoms with Crippen LogP contribution in [0.5, 0.6) is 0 Å². The second-order valence-corrected chi connectivity index (χ2v) is 5.05. The topological polar surface area (TPSA) is 64.3 Å². The number of amides is 1. The van der Waals surface area contributed by atoms with Crippen molar-refractivity contribution >= 4 is 5.91 Å². The highest BCUT2D eigenvalue weighted by atomic mass is 16.5. The molecule has 0 bridgehead atoms. The lowest BCUT2D eigenvalue weighted by Gasteiger charge is -2.20. The Morgan fingerprint density at radius 3 is 3.00 bits per heavy atom. The second kappa shape index (κ2) is 4.71. The first kappa shape index (κ1) is 11.7. The van der Waals surface area contributed by atoms with Gasteiger partial charge in [0.25, 0.3) is 0 Å². The van der Waals surface area contributed by atoms with Gasteiger partial charge in [-0.05, 0) is 30.4 Å². The van der Waals surface area contributed by atoms with E-state index in [4.69, 9.17) is 10.5 Å². The fraction of sp³-hybridized carbons (Fsp3) is 0.500. The molecule has 1 aliphatic heterocycles. The first-order valence-electron chi connectivity index (χ1n) is 6.51. The van der Waals surface area contributed by atoms with Gasteiger partial charge in [-0.1, -0.05) is 24.3 Å². The molecule has 1 aliphatic carbocycles. The van der Waals surface area contributed by atoms with Gasteiger partial charge in [-0.25, -0.2) is 0 Å². The Hall–Kier alpha value is -1.39. The lowest BCUT2D eigenvalue weighted by molar-refractivity contribution is -0.130. The van der Waals surface area contributed by atoms with Crippen LogP contribution in [0.1, 0.15) is 30.0 Å². The van der Waals surface area contributed by atoms with Crippen LogP contribution in [0.4, 0.5) is 0 Å². The van der Waals surface area contributed by atoms with E-state index in [1.807, 2.05) is 18.2 Å². The van der Waals surface area contributed by atoms with Crippen LogP contribution in [0, 0.1) is 0 Å². The summed E-state index contributed by atoms with van der Waals surface area (Å²) < 4.78 is 5.40. The molecule has 4 nitrogen and oxygen atoms in total. The lowest BCUT2D eigenvalue weighted by Crippen LogP contribution is -2.42. The summed E-state index contributed by atoms with van der Waals surface area (Å²) in [6.45, 7) is 0.686. The average Bonchev–Trinajstić information content (AvgIpc) is 2.98. The van der Waals surface area contributed by atoms with E-state index in [9.17, 15) is 4.79 Å². The molecular weight excluding hydrogens is 228 g/mol. The van der Waals surface area contributed by atoms with Gasteiger partial charge in [0.05, 0.1) is 6.04 Å². The third-order valence-electron chi connectivity index (χ3n) is 3.79. The van der Waals surface area contributed by atoms with E-state index in [1.165, 1.54) is 5.56 Å². The second-order valence-electron chi connectivity index (χ2n) is 5.05. The van der Waals surface area contributed by atoms with Crippen LogP contribution >= 0.6 is 0 Å². The van der Waals surface area contributed by atoms with Crippen molar-refractivity contribution in [3.05, 3.63) is 35.4 Å². The molecule has 1 heterocycles. The number of rotatable bonds is 2. The molecule has 0 spiro atoms. The molecule has 96 valence electrons. The zero-order valence-corrected chi connectivity index (χ0v) is 10.3. The Kier molecular flexibility index (Phi) is 3.06. The molecule has 1 aromatic carbocycles. The normalized spacial score (nSPS) is 30.2. The Labute approximate surface area is 107 Å². The van der Waals surface area contributed by atoms with E-state index >= 15 is 0 Å². The van der Waals surface area contributed by atoms with Crippen molar-refractivity contribution in [1.82, 2.24) is 5.32 Å². The largest absolute Gasteiger partial charge is 0.368 e. The van der Waals surface area contributed by atoms with Crippen LogP contribution in [0.2, 0.25) is 0 Å². The van der Waals surface area contributed by atoms with Gasteiger partial charge in [0.2, 0.25) is 5.91 Å². The average molecular weight is 246 g/mol. The molecule has 1 saturated heterocycles. The van der Waals surface area contributed by atoms with Gasteiger partial charge in [-0.3, -0.25) is 4.79 Å². The number of benzene rings is 1. The fourth-order valence-electron chi connectivity index (χ4n) is 2.84. The predicted molar refractivity (Wildman–Crippen MR) is 68.0 cm³/mol.